The third kappa shape index (κ3) is 5.48. The molecule has 2 amide bonds. The fourth-order valence-corrected chi connectivity index (χ4v) is 3.78. The number of aromatic nitrogens is 1. The molecule has 0 saturated carbocycles. The van der Waals surface area contributed by atoms with Gasteiger partial charge in [0, 0.05) is 37.8 Å². The summed E-state index contributed by atoms with van der Waals surface area (Å²) in [6, 6.07) is 15.0. The Labute approximate surface area is 180 Å². The van der Waals surface area contributed by atoms with Crippen molar-refractivity contribution in [2.24, 2.45) is 0 Å². The van der Waals surface area contributed by atoms with Crippen LogP contribution in [0.4, 0.5) is 5.82 Å². The summed E-state index contributed by atoms with van der Waals surface area (Å²) in [5.41, 5.74) is 0.596. The monoisotopic (exact) mass is 422 g/mol. The first-order valence-electron chi connectivity index (χ1n) is 10.5. The van der Waals surface area contributed by atoms with E-state index < -0.39 is 0 Å². The van der Waals surface area contributed by atoms with Crippen molar-refractivity contribution in [2.75, 3.05) is 51.3 Å². The second kappa shape index (κ2) is 10.2. The van der Waals surface area contributed by atoms with Crippen LogP contribution in [0.15, 0.2) is 59.3 Å². The van der Waals surface area contributed by atoms with Crippen LogP contribution in [0.1, 0.15) is 16.8 Å². The molecule has 0 atom stereocenters. The van der Waals surface area contributed by atoms with Gasteiger partial charge in [0.15, 0.2) is 5.82 Å². The van der Waals surface area contributed by atoms with Crippen LogP contribution in [-0.4, -0.2) is 72.7 Å². The van der Waals surface area contributed by atoms with Gasteiger partial charge in [0.25, 0.3) is 5.91 Å². The van der Waals surface area contributed by atoms with E-state index in [0.717, 1.165) is 50.0 Å². The number of morpholine rings is 1. The largest absolute Gasteiger partial charge is 0.379 e. The van der Waals surface area contributed by atoms with Gasteiger partial charge in [-0.1, -0.05) is 41.6 Å². The minimum Gasteiger partial charge on any atom is -0.379 e. The van der Waals surface area contributed by atoms with Crippen LogP contribution in [0, 0.1) is 0 Å². The maximum atomic E-state index is 13.5. The fourth-order valence-electron chi connectivity index (χ4n) is 3.78. The normalized spacial score (nSPS) is 14.5. The second-order valence-electron chi connectivity index (χ2n) is 7.49. The summed E-state index contributed by atoms with van der Waals surface area (Å²) in [4.78, 5) is 30.0. The van der Waals surface area contributed by atoms with Gasteiger partial charge in [0.05, 0.1) is 13.2 Å². The van der Waals surface area contributed by atoms with E-state index in [-0.39, 0.29) is 18.4 Å². The summed E-state index contributed by atoms with van der Waals surface area (Å²) in [5, 5.41) is 8.25. The Balaban J connectivity index is 1.48. The van der Waals surface area contributed by atoms with Crippen LogP contribution >= 0.6 is 0 Å². The van der Waals surface area contributed by atoms with Gasteiger partial charge in [0.2, 0.25) is 5.91 Å². The maximum Gasteiger partial charge on any atom is 0.254 e. The number of rotatable bonds is 8. The topological polar surface area (TPSA) is 87.9 Å². The Bertz CT molecular complexity index is 1010. The molecule has 3 aromatic rings. The molecule has 2 aromatic carbocycles. The van der Waals surface area contributed by atoms with E-state index in [2.05, 4.69) is 15.4 Å². The number of nitrogens with one attached hydrogen (secondary N) is 1. The number of hydrogen-bond donors (Lipinski definition) is 1. The smallest absolute Gasteiger partial charge is 0.254 e. The Morgan fingerprint density at radius 2 is 1.87 bits per heavy atom. The van der Waals surface area contributed by atoms with Gasteiger partial charge in [0.1, 0.15) is 12.8 Å². The van der Waals surface area contributed by atoms with Crippen molar-refractivity contribution < 1.29 is 18.8 Å². The van der Waals surface area contributed by atoms with Gasteiger partial charge in [-0.2, -0.15) is 0 Å². The molecule has 0 radical (unpaired) electrons. The number of carbonyl (C=O) groups is 2. The number of carbonyl (C=O) groups excluding carboxylic acids is 2. The molecule has 8 heteroatoms. The van der Waals surface area contributed by atoms with Gasteiger partial charge in [-0.15, -0.1) is 0 Å². The van der Waals surface area contributed by atoms with Crippen molar-refractivity contribution in [3.8, 4) is 0 Å². The Morgan fingerprint density at radius 3 is 2.68 bits per heavy atom. The van der Waals surface area contributed by atoms with Crippen LogP contribution in [0.3, 0.4) is 0 Å². The first-order chi connectivity index (χ1) is 15.2. The predicted molar refractivity (Wildman–Crippen MR) is 117 cm³/mol. The van der Waals surface area contributed by atoms with Gasteiger partial charge < -0.3 is 19.5 Å². The van der Waals surface area contributed by atoms with E-state index >= 15 is 0 Å². The van der Waals surface area contributed by atoms with Crippen LogP contribution in [-0.2, 0) is 9.53 Å². The van der Waals surface area contributed by atoms with Crippen molar-refractivity contribution in [1.82, 2.24) is 15.0 Å². The maximum absolute atomic E-state index is 13.5. The zero-order chi connectivity index (χ0) is 21.5. The lowest BCUT2D eigenvalue weighted by Crippen LogP contribution is -2.41. The highest BCUT2D eigenvalue weighted by molar-refractivity contribution is 6.08. The van der Waals surface area contributed by atoms with Gasteiger partial charge in [-0.05, 0) is 23.3 Å². The lowest BCUT2D eigenvalue weighted by Gasteiger charge is -2.28. The highest BCUT2D eigenvalue weighted by Gasteiger charge is 2.21. The third-order valence-corrected chi connectivity index (χ3v) is 5.35. The van der Waals surface area contributed by atoms with Gasteiger partial charge in [-0.25, -0.2) is 0 Å². The van der Waals surface area contributed by atoms with Crippen molar-refractivity contribution >= 4 is 28.4 Å². The van der Waals surface area contributed by atoms with E-state index in [0.29, 0.717) is 17.9 Å². The number of nitrogens with zero attached hydrogens (tertiary/aromatic N) is 3. The molecule has 1 aromatic heterocycles. The summed E-state index contributed by atoms with van der Waals surface area (Å²) >= 11 is 0. The standard InChI is InChI=1S/C23H26N4O4/c28-22(24-21-9-14-31-25-21)17-27(11-4-10-26-12-15-30-16-13-26)23(29)20-8-3-6-18-5-1-2-7-19(18)20/h1-3,5-9,14H,4,10-13,15-17H2,(H,24,25,28). The Kier molecular flexibility index (Phi) is 6.91. The molecule has 1 fully saturated rings. The molecule has 4 rings (SSSR count). The van der Waals surface area contributed by atoms with Gasteiger partial charge >= 0.3 is 0 Å². The molecule has 31 heavy (non-hydrogen) atoms. The number of benzene rings is 2. The number of ether oxygens (including phenoxy) is 1. The first-order valence-corrected chi connectivity index (χ1v) is 10.5. The molecule has 0 bridgehead atoms. The van der Waals surface area contributed by atoms with Crippen LogP contribution in [0.2, 0.25) is 0 Å². The molecule has 1 aliphatic heterocycles. The number of anilines is 1. The van der Waals surface area contributed by atoms with E-state index in [1.165, 1.54) is 6.26 Å². The predicted octanol–water partition coefficient (Wildman–Crippen LogP) is 2.63. The quantitative estimate of drug-likeness (QED) is 0.601. The SMILES string of the molecule is O=C(CN(CCCN1CCOCC1)C(=O)c1cccc2ccccc12)Nc1ccon1. The second-order valence-corrected chi connectivity index (χ2v) is 7.49. The summed E-state index contributed by atoms with van der Waals surface area (Å²) < 4.78 is 10.2. The molecular weight excluding hydrogens is 396 g/mol. The highest BCUT2D eigenvalue weighted by Crippen LogP contribution is 2.20. The zero-order valence-corrected chi connectivity index (χ0v) is 17.3. The van der Waals surface area contributed by atoms with Crippen molar-refractivity contribution in [3.63, 3.8) is 0 Å². The molecule has 1 aliphatic rings. The summed E-state index contributed by atoms with van der Waals surface area (Å²) in [6.45, 7) is 4.53. The summed E-state index contributed by atoms with van der Waals surface area (Å²) in [5.74, 6) is -0.140. The van der Waals surface area contributed by atoms with Crippen molar-refractivity contribution in [3.05, 3.63) is 60.4 Å². The van der Waals surface area contributed by atoms with E-state index in [9.17, 15) is 9.59 Å². The molecule has 8 nitrogen and oxygen atoms in total. The van der Waals surface area contributed by atoms with Crippen molar-refractivity contribution in [1.29, 1.82) is 0 Å². The van der Waals surface area contributed by atoms with E-state index in [1.54, 1.807) is 11.0 Å². The van der Waals surface area contributed by atoms with Gasteiger partial charge in [-0.3, -0.25) is 14.5 Å². The number of fused-ring (bicyclic) bond motifs is 1. The number of amides is 2. The molecule has 162 valence electrons. The minimum absolute atomic E-state index is 0.0575. The van der Waals surface area contributed by atoms with Crippen LogP contribution in [0.5, 0.6) is 0 Å². The van der Waals surface area contributed by atoms with Crippen molar-refractivity contribution in [2.45, 2.75) is 6.42 Å². The lowest BCUT2D eigenvalue weighted by molar-refractivity contribution is -0.117. The van der Waals surface area contributed by atoms with Crippen LogP contribution < -0.4 is 5.32 Å². The van der Waals surface area contributed by atoms with E-state index in [1.807, 2.05) is 42.5 Å². The average molecular weight is 422 g/mol. The van der Waals surface area contributed by atoms with Crippen LogP contribution in [0.25, 0.3) is 10.8 Å². The summed E-state index contributed by atoms with van der Waals surface area (Å²) in [7, 11) is 0. The highest BCUT2D eigenvalue weighted by atomic mass is 16.5. The minimum atomic E-state index is -0.311. The first kappa shape index (κ1) is 21.0. The zero-order valence-electron chi connectivity index (χ0n) is 17.3. The molecule has 1 saturated heterocycles. The molecule has 0 aliphatic carbocycles. The molecule has 0 spiro atoms. The number of hydrogen-bond acceptors (Lipinski definition) is 6. The Hall–Kier alpha value is -3.23. The molecule has 0 unspecified atom stereocenters. The summed E-state index contributed by atoms with van der Waals surface area (Å²) in [6.07, 6.45) is 2.16. The average Bonchev–Trinajstić information content (AvgIpc) is 3.31. The fraction of sp³-hybridized carbons (Fsp3) is 0.348. The lowest BCUT2D eigenvalue weighted by atomic mass is 10.0. The van der Waals surface area contributed by atoms with E-state index in [4.69, 9.17) is 9.26 Å². The molecule has 2 heterocycles. The molecular formula is C23H26N4O4. The third-order valence-electron chi connectivity index (χ3n) is 5.35. The Morgan fingerprint density at radius 1 is 1.06 bits per heavy atom. The molecule has 1 N–H and O–H groups in total.